The van der Waals surface area contributed by atoms with Crippen molar-refractivity contribution >= 4 is 5.78 Å². The van der Waals surface area contributed by atoms with Crippen molar-refractivity contribution in [1.82, 2.24) is 0 Å². The predicted octanol–water partition coefficient (Wildman–Crippen LogP) is 4.27. The average Bonchev–Trinajstić information content (AvgIpc) is 2.44. The minimum atomic E-state index is 0.414. The Balaban J connectivity index is 2.29. The van der Waals surface area contributed by atoms with Gasteiger partial charge in [0.15, 0.2) is 5.78 Å². The van der Waals surface area contributed by atoms with Crippen molar-refractivity contribution in [2.45, 2.75) is 65.2 Å². The Morgan fingerprint density at radius 2 is 2.13 bits per heavy atom. The van der Waals surface area contributed by atoms with Crippen LogP contribution in [0.4, 0.5) is 0 Å². The Bertz CT molecular complexity index is 225. The van der Waals surface area contributed by atoms with E-state index in [0.717, 1.165) is 37.2 Å². The maximum atomic E-state index is 11.9. The highest BCUT2D eigenvalue weighted by atomic mass is 16.1. The highest BCUT2D eigenvalue weighted by Crippen LogP contribution is 2.20. The van der Waals surface area contributed by atoms with Crippen LogP contribution in [-0.2, 0) is 4.79 Å². The lowest BCUT2D eigenvalue weighted by atomic mass is 9.99. The molecule has 0 aromatic rings. The number of ketones is 1. The summed E-state index contributed by atoms with van der Waals surface area (Å²) in [5.41, 5.74) is 1.12. The molecule has 0 aromatic carbocycles. The molecule has 86 valence electrons. The molecule has 0 fully saturated rings. The van der Waals surface area contributed by atoms with E-state index in [1.54, 1.807) is 0 Å². The summed E-state index contributed by atoms with van der Waals surface area (Å²) in [6.45, 7) is 4.44. The molecular formula is C14H24O. The van der Waals surface area contributed by atoms with Crippen LogP contribution < -0.4 is 0 Å². The first-order chi connectivity index (χ1) is 7.20. The molecule has 0 amide bonds. The number of hydrogen-bond donors (Lipinski definition) is 0. The van der Waals surface area contributed by atoms with E-state index in [2.05, 4.69) is 19.9 Å². The van der Waals surface area contributed by atoms with Crippen molar-refractivity contribution in [3.05, 3.63) is 11.6 Å². The zero-order chi connectivity index (χ0) is 11.1. The lowest BCUT2D eigenvalue weighted by molar-refractivity contribution is -0.115. The molecule has 0 N–H and O–H groups in total. The number of carbonyl (C=O) groups is 1. The topological polar surface area (TPSA) is 17.1 Å². The third-order valence-electron chi connectivity index (χ3n) is 3.08. The summed E-state index contributed by atoms with van der Waals surface area (Å²) in [5.74, 6) is 1.14. The largest absolute Gasteiger partial charge is 0.295 e. The molecule has 1 nitrogen and oxygen atoms in total. The molecule has 0 aliphatic heterocycles. The molecule has 0 aromatic heterocycles. The van der Waals surface area contributed by atoms with Gasteiger partial charge >= 0.3 is 0 Å². The van der Waals surface area contributed by atoms with Crippen molar-refractivity contribution in [3.63, 3.8) is 0 Å². The van der Waals surface area contributed by atoms with Crippen LogP contribution in [0.5, 0.6) is 0 Å². The van der Waals surface area contributed by atoms with Crippen LogP contribution >= 0.6 is 0 Å². The number of carbonyl (C=O) groups excluding carboxylic acids is 1. The van der Waals surface area contributed by atoms with Crippen molar-refractivity contribution in [2.75, 3.05) is 0 Å². The van der Waals surface area contributed by atoms with Crippen molar-refractivity contribution < 1.29 is 4.79 Å². The fourth-order valence-corrected chi connectivity index (χ4v) is 2.10. The van der Waals surface area contributed by atoms with E-state index in [1.165, 1.54) is 25.7 Å². The lowest BCUT2D eigenvalue weighted by Gasteiger charge is -2.06. The summed E-state index contributed by atoms with van der Waals surface area (Å²) in [5, 5.41) is 0. The van der Waals surface area contributed by atoms with Gasteiger partial charge in [-0.05, 0) is 43.6 Å². The second-order valence-electron chi connectivity index (χ2n) is 5.04. The standard InChI is InChI=1S/C14H24O/c1-12(2)8-7-11-14(15)13-9-5-3-4-6-10-13/h9,12H,3-8,10-11H2,1-2H3. The molecule has 1 aliphatic carbocycles. The van der Waals surface area contributed by atoms with Gasteiger partial charge in [-0.1, -0.05) is 32.8 Å². The van der Waals surface area contributed by atoms with Gasteiger partial charge in [-0.2, -0.15) is 0 Å². The van der Waals surface area contributed by atoms with Gasteiger partial charge in [-0.15, -0.1) is 0 Å². The van der Waals surface area contributed by atoms with Gasteiger partial charge < -0.3 is 0 Å². The van der Waals surface area contributed by atoms with Crippen LogP contribution in [0.1, 0.15) is 65.2 Å². The second-order valence-corrected chi connectivity index (χ2v) is 5.04. The zero-order valence-electron chi connectivity index (χ0n) is 10.2. The van der Waals surface area contributed by atoms with Gasteiger partial charge in [0.25, 0.3) is 0 Å². The monoisotopic (exact) mass is 208 g/mol. The molecule has 0 saturated heterocycles. The summed E-state index contributed by atoms with van der Waals surface area (Å²) >= 11 is 0. The summed E-state index contributed by atoms with van der Waals surface area (Å²) in [7, 11) is 0. The first-order valence-electron chi connectivity index (χ1n) is 6.42. The van der Waals surface area contributed by atoms with Gasteiger partial charge in [0, 0.05) is 6.42 Å². The Hall–Kier alpha value is -0.590. The summed E-state index contributed by atoms with van der Waals surface area (Å²) in [6.07, 6.45) is 11.1. The van der Waals surface area contributed by atoms with E-state index < -0.39 is 0 Å². The minimum Gasteiger partial charge on any atom is -0.295 e. The molecule has 1 heteroatoms. The SMILES string of the molecule is CC(C)CCCC(=O)C1=CCCCCC1. The van der Waals surface area contributed by atoms with Crippen LogP contribution in [0.15, 0.2) is 11.6 Å². The number of Topliss-reactive ketones (excluding diaryl/α,β-unsaturated/α-hetero) is 1. The Morgan fingerprint density at radius 1 is 1.33 bits per heavy atom. The van der Waals surface area contributed by atoms with Crippen LogP contribution in [0.3, 0.4) is 0 Å². The Kier molecular flexibility index (Phi) is 5.67. The number of hydrogen-bond acceptors (Lipinski definition) is 1. The third-order valence-corrected chi connectivity index (χ3v) is 3.08. The molecule has 0 bridgehead atoms. The first kappa shape index (κ1) is 12.5. The molecule has 0 heterocycles. The molecule has 0 saturated carbocycles. The van der Waals surface area contributed by atoms with Crippen molar-refractivity contribution in [1.29, 1.82) is 0 Å². The zero-order valence-corrected chi connectivity index (χ0v) is 10.2. The number of rotatable bonds is 5. The Morgan fingerprint density at radius 3 is 2.87 bits per heavy atom. The van der Waals surface area contributed by atoms with Crippen molar-refractivity contribution in [3.8, 4) is 0 Å². The van der Waals surface area contributed by atoms with E-state index in [0.29, 0.717) is 5.78 Å². The maximum Gasteiger partial charge on any atom is 0.158 e. The molecule has 0 unspecified atom stereocenters. The van der Waals surface area contributed by atoms with E-state index in [-0.39, 0.29) is 0 Å². The van der Waals surface area contributed by atoms with Crippen molar-refractivity contribution in [2.24, 2.45) is 5.92 Å². The lowest BCUT2D eigenvalue weighted by Crippen LogP contribution is -2.03. The number of allylic oxidation sites excluding steroid dienone is 2. The molecular weight excluding hydrogens is 184 g/mol. The third kappa shape index (κ3) is 5.15. The quantitative estimate of drug-likeness (QED) is 0.659. The smallest absolute Gasteiger partial charge is 0.158 e. The van der Waals surface area contributed by atoms with Gasteiger partial charge in [0.1, 0.15) is 0 Å². The highest BCUT2D eigenvalue weighted by molar-refractivity contribution is 5.95. The van der Waals surface area contributed by atoms with Gasteiger partial charge in [0.2, 0.25) is 0 Å². The van der Waals surface area contributed by atoms with E-state index >= 15 is 0 Å². The highest BCUT2D eigenvalue weighted by Gasteiger charge is 2.11. The maximum absolute atomic E-state index is 11.9. The van der Waals surface area contributed by atoms with E-state index in [1.807, 2.05) is 0 Å². The van der Waals surface area contributed by atoms with E-state index in [4.69, 9.17) is 0 Å². The van der Waals surface area contributed by atoms with Gasteiger partial charge in [0.05, 0.1) is 0 Å². The van der Waals surface area contributed by atoms with Crippen LogP contribution in [0.2, 0.25) is 0 Å². The molecule has 0 spiro atoms. The molecule has 1 aliphatic rings. The minimum absolute atomic E-state index is 0.414. The fourth-order valence-electron chi connectivity index (χ4n) is 2.10. The van der Waals surface area contributed by atoms with Crippen LogP contribution in [-0.4, -0.2) is 5.78 Å². The predicted molar refractivity (Wildman–Crippen MR) is 64.9 cm³/mol. The van der Waals surface area contributed by atoms with Gasteiger partial charge in [-0.3, -0.25) is 4.79 Å². The normalized spacial score (nSPS) is 17.4. The first-order valence-corrected chi connectivity index (χ1v) is 6.42. The van der Waals surface area contributed by atoms with Crippen LogP contribution in [0, 0.1) is 5.92 Å². The molecule has 0 atom stereocenters. The van der Waals surface area contributed by atoms with E-state index in [9.17, 15) is 4.79 Å². The average molecular weight is 208 g/mol. The molecule has 1 rings (SSSR count). The summed E-state index contributed by atoms with van der Waals surface area (Å²) in [6, 6.07) is 0. The summed E-state index contributed by atoms with van der Waals surface area (Å²) < 4.78 is 0. The molecule has 0 radical (unpaired) electrons. The van der Waals surface area contributed by atoms with Crippen LogP contribution in [0.25, 0.3) is 0 Å². The Labute approximate surface area is 93.9 Å². The van der Waals surface area contributed by atoms with Gasteiger partial charge in [-0.25, -0.2) is 0 Å². The summed E-state index contributed by atoms with van der Waals surface area (Å²) in [4.78, 5) is 11.9. The molecule has 15 heavy (non-hydrogen) atoms. The fraction of sp³-hybridized carbons (Fsp3) is 0.786. The second kappa shape index (κ2) is 6.81.